The fraction of sp³-hybridized carbons (Fsp3) is 0.125. The van der Waals surface area contributed by atoms with Gasteiger partial charge in [-0.25, -0.2) is 0 Å². The molecule has 0 saturated heterocycles. The Labute approximate surface area is 154 Å². The first-order chi connectivity index (χ1) is 11.3. The summed E-state index contributed by atoms with van der Waals surface area (Å²) in [6.07, 6.45) is 0. The Bertz CT molecular complexity index is 854. The molecule has 0 aromatic heterocycles. The van der Waals surface area contributed by atoms with Crippen LogP contribution in [-0.4, -0.2) is 35.9 Å². The minimum atomic E-state index is -0.620. The van der Waals surface area contributed by atoms with Crippen molar-refractivity contribution in [3.05, 3.63) is 43.3 Å². The number of carbonyl (C=O) groups is 2. The number of phenolic OH excluding ortho intramolecular Hbond substituents is 2. The van der Waals surface area contributed by atoms with Crippen LogP contribution in [0.3, 0.4) is 0 Å². The molecule has 24 heavy (non-hydrogen) atoms. The number of carbonyl (C=O) groups excluding carboxylic acids is 2. The molecule has 124 valence electrons. The molecule has 4 N–H and O–H groups in total. The smallest absolute Gasteiger partial charge is 0.202 e. The molecule has 1 aliphatic rings. The summed E-state index contributed by atoms with van der Waals surface area (Å²) in [4.78, 5) is 26.0. The van der Waals surface area contributed by atoms with Gasteiger partial charge in [0.15, 0.2) is 5.78 Å². The number of aromatic hydroxyl groups is 2. The van der Waals surface area contributed by atoms with Crippen molar-refractivity contribution >= 4 is 54.8 Å². The Hall–Kier alpha value is -2.06. The third-order valence-corrected chi connectivity index (χ3v) is 5.16. The second kappa shape index (κ2) is 5.78. The van der Waals surface area contributed by atoms with Gasteiger partial charge in [0.05, 0.1) is 31.2 Å². The Morgan fingerprint density at radius 2 is 1.08 bits per heavy atom. The lowest BCUT2D eigenvalue weighted by Crippen LogP contribution is -2.24. The molecule has 6 nitrogen and oxygen atoms in total. The topological polar surface area (TPSA) is 98.7 Å². The first-order valence-electron chi connectivity index (χ1n) is 6.89. The monoisotopic (exact) mass is 454 g/mol. The van der Waals surface area contributed by atoms with E-state index in [1.54, 1.807) is 14.1 Å². The molecule has 0 bridgehead atoms. The van der Waals surface area contributed by atoms with Crippen molar-refractivity contribution in [1.29, 1.82) is 0 Å². The van der Waals surface area contributed by atoms with Crippen LogP contribution in [0.1, 0.15) is 31.8 Å². The van der Waals surface area contributed by atoms with Gasteiger partial charge in [0.25, 0.3) is 0 Å². The van der Waals surface area contributed by atoms with Gasteiger partial charge in [0.1, 0.15) is 11.5 Å². The van der Waals surface area contributed by atoms with Gasteiger partial charge in [0.2, 0.25) is 5.78 Å². The molecular weight excluding hydrogens is 444 g/mol. The highest BCUT2D eigenvalue weighted by atomic mass is 79.9. The second-order valence-corrected chi connectivity index (χ2v) is 6.88. The number of hydrogen-bond acceptors (Lipinski definition) is 6. The quantitative estimate of drug-likeness (QED) is 0.441. The van der Waals surface area contributed by atoms with Crippen LogP contribution in [-0.2, 0) is 0 Å². The molecule has 2 aromatic rings. The Morgan fingerprint density at radius 1 is 0.750 bits per heavy atom. The van der Waals surface area contributed by atoms with Crippen LogP contribution in [0.15, 0.2) is 21.1 Å². The summed E-state index contributed by atoms with van der Waals surface area (Å²) in [6.45, 7) is 0. The molecular formula is C16H12Br2N2O4. The average Bonchev–Trinajstić information content (AvgIpc) is 2.56. The Morgan fingerprint density at radius 3 is 1.42 bits per heavy atom. The van der Waals surface area contributed by atoms with Gasteiger partial charge >= 0.3 is 0 Å². The van der Waals surface area contributed by atoms with Gasteiger partial charge in [0, 0.05) is 25.5 Å². The number of nitrogens with one attached hydrogen (secondary N) is 2. The van der Waals surface area contributed by atoms with Crippen LogP contribution in [0.5, 0.6) is 11.5 Å². The largest absolute Gasteiger partial charge is 0.506 e. The minimum absolute atomic E-state index is 0.0777. The van der Waals surface area contributed by atoms with Crippen molar-refractivity contribution in [3.63, 3.8) is 0 Å². The molecule has 0 atom stereocenters. The molecule has 0 amide bonds. The van der Waals surface area contributed by atoms with E-state index >= 15 is 0 Å². The maximum Gasteiger partial charge on any atom is 0.202 e. The molecule has 0 radical (unpaired) electrons. The fourth-order valence-corrected chi connectivity index (χ4v) is 3.69. The van der Waals surface area contributed by atoms with Crippen LogP contribution in [0.25, 0.3) is 0 Å². The molecule has 1 aliphatic carbocycles. The van der Waals surface area contributed by atoms with E-state index in [9.17, 15) is 19.8 Å². The van der Waals surface area contributed by atoms with Crippen LogP contribution in [0, 0.1) is 0 Å². The zero-order valence-electron chi connectivity index (χ0n) is 12.6. The summed E-state index contributed by atoms with van der Waals surface area (Å²) in [5.41, 5.74) is 0.692. The predicted molar refractivity (Wildman–Crippen MR) is 97.6 cm³/mol. The van der Waals surface area contributed by atoms with Crippen LogP contribution < -0.4 is 10.6 Å². The summed E-state index contributed by atoms with van der Waals surface area (Å²) >= 11 is 6.35. The summed E-state index contributed by atoms with van der Waals surface area (Å²) in [5.74, 6) is -1.75. The number of rotatable bonds is 2. The van der Waals surface area contributed by atoms with Gasteiger partial charge in [-0.2, -0.15) is 0 Å². The number of fused-ring (bicyclic) bond motifs is 2. The van der Waals surface area contributed by atoms with E-state index in [-0.39, 0.29) is 42.7 Å². The Balaban J connectivity index is 2.47. The van der Waals surface area contributed by atoms with Crippen LogP contribution >= 0.6 is 31.9 Å². The first kappa shape index (κ1) is 16.8. The number of halogens is 2. The highest BCUT2D eigenvalue weighted by Gasteiger charge is 2.39. The van der Waals surface area contributed by atoms with E-state index in [0.717, 1.165) is 0 Å². The van der Waals surface area contributed by atoms with Gasteiger partial charge < -0.3 is 20.8 Å². The van der Waals surface area contributed by atoms with Crippen molar-refractivity contribution in [2.24, 2.45) is 0 Å². The molecule has 0 heterocycles. The van der Waals surface area contributed by atoms with E-state index in [4.69, 9.17) is 0 Å². The molecule has 2 aromatic carbocycles. The second-order valence-electron chi connectivity index (χ2n) is 5.17. The molecule has 0 spiro atoms. The minimum Gasteiger partial charge on any atom is -0.506 e. The molecule has 0 aliphatic heterocycles. The highest BCUT2D eigenvalue weighted by molar-refractivity contribution is 9.11. The lowest BCUT2D eigenvalue weighted by molar-refractivity contribution is 0.0975. The van der Waals surface area contributed by atoms with Gasteiger partial charge in [-0.15, -0.1) is 0 Å². The van der Waals surface area contributed by atoms with E-state index in [1.807, 2.05) is 0 Å². The molecule has 0 unspecified atom stereocenters. The lowest BCUT2D eigenvalue weighted by Gasteiger charge is -2.24. The van der Waals surface area contributed by atoms with Crippen molar-refractivity contribution in [2.75, 3.05) is 24.7 Å². The summed E-state index contributed by atoms with van der Waals surface area (Å²) in [5, 5.41) is 26.3. The van der Waals surface area contributed by atoms with Crippen molar-refractivity contribution in [1.82, 2.24) is 0 Å². The van der Waals surface area contributed by atoms with Gasteiger partial charge in [-0.05, 0) is 44.0 Å². The summed E-state index contributed by atoms with van der Waals surface area (Å²) in [6, 6.07) is 3.06. The standard InChI is InChI=1S/C16H12Br2N2O4/c1-19-7-3-5(17)13(21)11-9(7)15(23)10-8(20-2)4-6(18)14(22)12(10)16(11)24/h3-4,19-22H,1-2H3. The number of anilines is 2. The molecule has 0 fully saturated rings. The van der Waals surface area contributed by atoms with E-state index < -0.39 is 11.6 Å². The number of phenols is 2. The number of benzene rings is 2. The SMILES string of the molecule is CNc1cc(Br)c(O)c2c1C(=O)c1c(NC)cc(Br)c(O)c1C2=O. The Kier molecular flexibility index (Phi) is 4.05. The molecule has 3 rings (SSSR count). The first-order valence-corrected chi connectivity index (χ1v) is 8.47. The van der Waals surface area contributed by atoms with Crippen molar-refractivity contribution < 1.29 is 19.8 Å². The maximum absolute atomic E-state index is 13.1. The van der Waals surface area contributed by atoms with Gasteiger partial charge in [-0.3, -0.25) is 9.59 Å². The van der Waals surface area contributed by atoms with Crippen molar-refractivity contribution in [3.8, 4) is 11.5 Å². The fourth-order valence-electron chi connectivity index (χ4n) is 2.84. The summed E-state index contributed by atoms with van der Waals surface area (Å²) < 4.78 is 0.553. The van der Waals surface area contributed by atoms with Crippen LogP contribution in [0.4, 0.5) is 11.4 Å². The summed E-state index contributed by atoms with van der Waals surface area (Å²) in [7, 11) is 3.23. The number of ketones is 2. The predicted octanol–water partition coefficient (Wildman–Crippen LogP) is 3.48. The van der Waals surface area contributed by atoms with Crippen molar-refractivity contribution in [2.45, 2.75) is 0 Å². The lowest BCUT2D eigenvalue weighted by atomic mass is 9.81. The normalized spacial score (nSPS) is 12.7. The zero-order chi connectivity index (χ0) is 17.8. The number of hydrogen-bond donors (Lipinski definition) is 4. The van der Waals surface area contributed by atoms with E-state index in [2.05, 4.69) is 42.5 Å². The maximum atomic E-state index is 13.1. The average molecular weight is 456 g/mol. The van der Waals surface area contributed by atoms with Gasteiger partial charge in [-0.1, -0.05) is 0 Å². The molecule has 8 heteroatoms. The third kappa shape index (κ3) is 2.13. The van der Waals surface area contributed by atoms with E-state index in [1.165, 1.54) is 12.1 Å². The molecule has 0 saturated carbocycles. The van der Waals surface area contributed by atoms with Crippen LogP contribution in [0.2, 0.25) is 0 Å². The van der Waals surface area contributed by atoms with E-state index in [0.29, 0.717) is 11.4 Å². The zero-order valence-corrected chi connectivity index (χ0v) is 15.8. The highest BCUT2D eigenvalue weighted by Crippen LogP contribution is 2.46. The third-order valence-electron chi connectivity index (χ3n) is 3.95.